The number of amides is 2. The number of fused-ring (bicyclic) bond motifs is 1. The molecule has 0 aliphatic carbocycles. The fourth-order valence-corrected chi connectivity index (χ4v) is 6.30. The van der Waals surface area contributed by atoms with Gasteiger partial charge in [0.1, 0.15) is 10.7 Å². The number of imide groups is 1. The maximum absolute atomic E-state index is 14.4. The van der Waals surface area contributed by atoms with E-state index in [1.54, 1.807) is 0 Å². The van der Waals surface area contributed by atoms with Crippen molar-refractivity contribution in [3.63, 3.8) is 0 Å². The van der Waals surface area contributed by atoms with Gasteiger partial charge >= 0.3 is 5.97 Å². The molecule has 2 amide bonds. The second-order valence-corrected chi connectivity index (χ2v) is 11.4. The molecule has 10 heteroatoms. The van der Waals surface area contributed by atoms with Crippen LogP contribution >= 0.6 is 11.3 Å². The lowest BCUT2D eigenvalue weighted by Gasteiger charge is -2.28. The van der Waals surface area contributed by atoms with Gasteiger partial charge in [0.15, 0.2) is 9.84 Å². The van der Waals surface area contributed by atoms with Crippen molar-refractivity contribution in [2.24, 2.45) is 0 Å². The van der Waals surface area contributed by atoms with Gasteiger partial charge in [-0.2, -0.15) is 0 Å². The summed E-state index contributed by atoms with van der Waals surface area (Å²) in [6, 6.07) is 10.8. The molecule has 3 aromatic rings. The standard InChI is InChI=1S/C23H18FNO6S2/c1-23(2,16-8-3-4-9-17(16)24)33(30,31)15-7-5-6-14(11-15)25-18(26)10-13-12-32-20(22(28)29)19(13)21(25)27/h3-9,11-12H,10H2,1-2H3,(H,28,29). The lowest BCUT2D eigenvalue weighted by molar-refractivity contribution is -0.117. The molecule has 0 unspecified atom stereocenters. The lowest BCUT2D eigenvalue weighted by atomic mass is 10.0. The summed E-state index contributed by atoms with van der Waals surface area (Å²) in [7, 11) is -4.16. The molecule has 0 atom stereocenters. The van der Waals surface area contributed by atoms with Crippen molar-refractivity contribution < 1.29 is 32.3 Å². The van der Waals surface area contributed by atoms with Gasteiger partial charge in [-0.1, -0.05) is 24.3 Å². The summed E-state index contributed by atoms with van der Waals surface area (Å²) in [6.45, 7) is 2.75. The molecular weight excluding hydrogens is 469 g/mol. The average Bonchev–Trinajstić information content (AvgIpc) is 3.18. The van der Waals surface area contributed by atoms with Gasteiger partial charge in [0.2, 0.25) is 5.91 Å². The fraction of sp³-hybridized carbons (Fsp3) is 0.174. The molecule has 7 nitrogen and oxygen atoms in total. The maximum atomic E-state index is 14.4. The Morgan fingerprint density at radius 3 is 2.48 bits per heavy atom. The fourth-order valence-electron chi connectivity index (χ4n) is 3.82. The van der Waals surface area contributed by atoms with Gasteiger partial charge in [0, 0.05) is 5.56 Å². The van der Waals surface area contributed by atoms with Gasteiger partial charge in [0.25, 0.3) is 5.91 Å². The van der Waals surface area contributed by atoms with Crippen LogP contribution in [0, 0.1) is 5.82 Å². The van der Waals surface area contributed by atoms with Gasteiger partial charge in [-0.15, -0.1) is 11.3 Å². The summed E-state index contributed by atoms with van der Waals surface area (Å²) in [4.78, 5) is 37.7. The highest BCUT2D eigenvalue weighted by molar-refractivity contribution is 7.92. The quantitative estimate of drug-likeness (QED) is 0.545. The number of hydrogen-bond donors (Lipinski definition) is 1. The second-order valence-electron chi connectivity index (χ2n) is 7.97. The van der Waals surface area contributed by atoms with E-state index in [-0.39, 0.29) is 33.0 Å². The zero-order valence-electron chi connectivity index (χ0n) is 17.5. The normalized spacial score (nSPS) is 14.3. The Bertz CT molecular complexity index is 1420. The number of aromatic carboxylic acids is 1. The number of carbonyl (C=O) groups is 3. The van der Waals surface area contributed by atoms with Crippen LogP contribution in [0.4, 0.5) is 10.1 Å². The van der Waals surface area contributed by atoms with Crippen LogP contribution in [0.1, 0.15) is 45.0 Å². The maximum Gasteiger partial charge on any atom is 0.346 e. The summed E-state index contributed by atoms with van der Waals surface area (Å²) in [5.74, 6) is -3.39. The number of carboxylic acids is 1. The molecule has 2 heterocycles. The number of halogens is 1. The third-order valence-electron chi connectivity index (χ3n) is 5.65. The molecule has 2 aromatic carbocycles. The molecule has 0 saturated heterocycles. The molecule has 0 spiro atoms. The highest BCUT2D eigenvalue weighted by Crippen LogP contribution is 2.38. The van der Waals surface area contributed by atoms with Gasteiger partial charge < -0.3 is 5.11 Å². The Balaban J connectivity index is 1.79. The van der Waals surface area contributed by atoms with Crippen molar-refractivity contribution in [2.75, 3.05) is 4.90 Å². The van der Waals surface area contributed by atoms with Gasteiger partial charge in [-0.3, -0.25) is 9.59 Å². The van der Waals surface area contributed by atoms with Crippen LogP contribution in [0.3, 0.4) is 0 Å². The monoisotopic (exact) mass is 487 g/mol. The number of thiophene rings is 1. The molecule has 1 N–H and O–H groups in total. The largest absolute Gasteiger partial charge is 0.477 e. The van der Waals surface area contributed by atoms with E-state index in [0.717, 1.165) is 16.2 Å². The Morgan fingerprint density at radius 2 is 1.82 bits per heavy atom. The highest BCUT2D eigenvalue weighted by atomic mass is 32.2. The van der Waals surface area contributed by atoms with E-state index in [1.165, 1.54) is 67.8 Å². The third kappa shape index (κ3) is 3.55. The minimum absolute atomic E-state index is 0.0106. The first-order valence-corrected chi connectivity index (χ1v) is 12.1. The predicted molar refractivity (Wildman–Crippen MR) is 120 cm³/mol. The van der Waals surface area contributed by atoms with Crippen LogP contribution in [0.25, 0.3) is 0 Å². The van der Waals surface area contributed by atoms with E-state index >= 15 is 0 Å². The zero-order chi connectivity index (χ0) is 24.1. The second kappa shape index (κ2) is 7.89. The number of sulfone groups is 1. The summed E-state index contributed by atoms with van der Waals surface area (Å²) >= 11 is 0.856. The van der Waals surface area contributed by atoms with Crippen molar-refractivity contribution in [1.82, 2.24) is 0 Å². The molecular formula is C23H18FNO6S2. The lowest BCUT2D eigenvalue weighted by Crippen LogP contribution is -2.42. The molecule has 1 aliphatic heterocycles. The van der Waals surface area contributed by atoms with Crippen molar-refractivity contribution in [3.8, 4) is 0 Å². The number of carboxylic acid groups (broad SMARTS) is 1. The van der Waals surface area contributed by atoms with Crippen LogP contribution < -0.4 is 4.90 Å². The predicted octanol–water partition coefficient (Wildman–Crippen LogP) is 4.02. The minimum atomic E-state index is -4.16. The first kappa shape index (κ1) is 22.8. The number of nitrogens with zero attached hydrogens (tertiary/aromatic N) is 1. The molecule has 0 radical (unpaired) electrons. The zero-order valence-corrected chi connectivity index (χ0v) is 19.2. The first-order valence-electron chi connectivity index (χ1n) is 9.77. The molecule has 0 saturated carbocycles. The smallest absolute Gasteiger partial charge is 0.346 e. The Morgan fingerprint density at radius 1 is 1.12 bits per heavy atom. The SMILES string of the molecule is CC(C)(c1ccccc1F)S(=O)(=O)c1cccc(N2C(=O)Cc3csc(C(=O)O)c3C2=O)c1. The third-order valence-corrected chi connectivity index (χ3v) is 9.10. The van der Waals surface area contributed by atoms with E-state index in [9.17, 15) is 32.3 Å². The number of hydrogen-bond acceptors (Lipinski definition) is 6. The first-order chi connectivity index (χ1) is 15.5. The summed E-state index contributed by atoms with van der Waals surface area (Å²) in [5.41, 5.74) is 0.221. The number of carbonyl (C=O) groups excluding carboxylic acids is 2. The highest BCUT2D eigenvalue weighted by Gasteiger charge is 2.41. The van der Waals surface area contributed by atoms with Crippen molar-refractivity contribution in [1.29, 1.82) is 0 Å². The Kier molecular flexibility index (Phi) is 5.45. The number of benzene rings is 2. The van der Waals surface area contributed by atoms with Gasteiger partial charge in [0.05, 0.1) is 27.3 Å². The average molecular weight is 488 g/mol. The molecule has 0 fully saturated rings. The summed E-state index contributed by atoms with van der Waals surface area (Å²) < 4.78 is 39.7. The van der Waals surface area contributed by atoms with Crippen molar-refractivity contribution in [2.45, 2.75) is 29.9 Å². The molecule has 170 valence electrons. The van der Waals surface area contributed by atoms with E-state index < -0.39 is 38.2 Å². The van der Waals surface area contributed by atoms with E-state index in [1.807, 2.05) is 0 Å². The van der Waals surface area contributed by atoms with Crippen LogP contribution in [0.5, 0.6) is 0 Å². The van der Waals surface area contributed by atoms with Gasteiger partial charge in [-0.25, -0.2) is 22.5 Å². The van der Waals surface area contributed by atoms with Crippen LogP contribution in [-0.2, 0) is 25.8 Å². The minimum Gasteiger partial charge on any atom is -0.477 e. The molecule has 0 bridgehead atoms. The number of anilines is 1. The van der Waals surface area contributed by atoms with E-state index in [2.05, 4.69) is 0 Å². The van der Waals surface area contributed by atoms with Gasteiger partial charge in [-0.05, 0) is 49.1 Å². The molecule has 33 heavy (non-hydrogen) atoms. The summed E-state index contributed by atoms with van der Waals surface area (Å²) in [5, 5.41) is 10.8. The number of rotatable bonds is 5. The van der Waals surface area contributed by atoms with Crippen LogP contribution in [-0.4, -0.2) is 31.3 Å². The van der Waals surface area contributed by atoms with Crippen molar-refractivity contribution >= 4 is 44.6 Å². The molecule has 1 aliphatic rings. The topological polar surface area (TPSA) is 109 Å². The summed E-state index contributed by atoms with van der Waals surface area (Å²) in [6.07, 6.45) is -0.192. The van der Waals surface area contributed by atoms with Crippen LogP contribution in [0.15, 0.2) is 58.8 Å². The van der Waals surface area contributed by atoms with E-state index in [0.29, 0.717) is 5.56 Å². The van der Waals surface area contributed by atoms with E-state index in [4.69, 9.17) is 0 Å². The van der Waals surface area contributed by atoms with Crippen molar-refractivity contribution in [3.05, 3.63) is 81.3 Å². The molecule has 1 aromatic heterocycles. The molecule has 4 rings (SSSR count). The van der Waals surface area contributed by atoms with Crippen LogP contribution in [0.2, 0.25) is 0 Å². The Hall–Kier alpha value is -3.37. The Labute approximate surface area is 193 Å².